The molecule has 2 N–H and O–H groups in total. The lowest BCUT2D eigenvalue weighted by Crippen LogP contribution is -2.52. The Morgan fingerprint density at radius 1 is 1.03 bits per heavy atom. The summed E-state index contributed by atoms with van der Waals surface area (Å²) in [5.74, 6) is 0.951. The Hall–Kier alpha value is -2.34. The Morgan fingerprint density at radius 2 is 1.87 bits per heavy atom. The lowest BCUT2D eigenvalue weighted by Gasteiger charge is -2.41. The molecule has 0 bridgehead atoms. The molecule has 1 aliphatic rings. The fourth-order valence-corrected chi connectivity index (χ4v) is 4.70. The molecule has 0 saturated carbocycles. The van der Waals surface area contributed by atoms with E-state index in [0.29, 0.717) is 6.04 Å². The SMILES string of the molecule is COc1ccc(CN2CCN(Cc3c[nH]c4ccccc34)C[C@@H]2CCO)c(C)c1C. The number of aliphatic hydroxyl groups excluding tert-OH is 1. The molecule has 4 rings (SSSR count). The second-order valence-corrected chi connectivity index (χ2v) is 8.41. The zero-order valence-electron chi connectivity index (χ0n) is 18.3. The van der Waals surface area contributed by atoms with Crippen molar-refractivity contribution in [2.75, 3.05) is 33.4 Å². The zero-order valence-corrected chi connectivity index (χ0v) is 18.3. The van der Waals surface area contributed by atoms with Crippen LogP contribution in [0, 0.1) is 13.8 Å². The Bertz CT molecular complexity index is 997. The predicted molar refractivity (Wildman–Crippen MR) is 122 cm³/mol. The summed E-state index contributed by atoms with van der Waals surface area (Å²) in [4.78, 5) is 8.45. The summed E-state index contributed by atoms with van der Waals surface area (Å²) in [6.07, 6.45) is 2.94. The smallest absolute Gasteiger partial charge is 0.122 e. The lowest BCUT2D eigenvalue weighted by molar-refractivity contribution is 0.0500. The molecular weight excluding hydrogens is 374 g/mol. The van der Waals surface area contributed by atoms with Crippen molar-refractivity contribution < 1.29 is 9.84 Å². The standard InChI is InChI=1S/C25H33N3O2/c1-18-19(2)25(30-3)9-8-20(18)16-28-12-11-27(17-22(28)10-13-29)15-21-14-26-24-7-5-4-6-23(21)24/h4-9,14,22,26,29H,10-13,15-17H2,1-3H3/t22-/m0/s1. The fraction of sp³-hybridized carbons (Fsp3) is 0.440. The van der Waals surface area contributed by atoms with Crippen LogP contribution in [0.25, 0.3) is 10.9 Å². The quantitative estimate of drug-likeness (QED) is 0.624. The average Bonchev–Trinajstić information content (AvgIpc) is 3.16. The van der Waals surface area contributed by atoms with Gasteiger partial charge in [0.05, 0.1) is 7.11 Å². The first-order valence-electron chi connectivity index (χ1n) is 10.9. The summed E-state index contributed by atoms with van der Waals surface area (Å²) < 4.78 is 5.47. The monoisotopic (exact) mass is 407 g/mol. The van der Waals surface area contributed by atoms with Gasteiger partial charge in [0, 0.05) is 62.5 Å². The van der Waals surface area contributed by atoms with Crippen LogP contribution in [0.15, 0.2) is 42.6 Å². The molecule has 5 nitrogen and oxygen atoms in total. The Kier molecular flexibility index (Phi) is 6.42. The number of rotatable bonds is 7. The van der Waals surface area contributed by atoms with E-state index >= 15 is 0 Å². The number of nitrogens with zero attached hydrogens (tertiary/aromatic N) is 2. The third kappa shape index (κ3) is 4.24. The predicted octanol–water partition coefficient (Wildman–Crippen LogP) is 3.86. The second-order valence-electron chi connectivity index (χ2n) is 8.41. The van der Waals surface area contributed by atoms with Gasteiger partial charge >= 0.3 is 0 Å². The number of nitrogens with one attached hydrogen (secondary N) is 1. The number of benzene rings is 2. The molecule has 0 aliphatic carbocycles. The summed E-state index contributed by atoms with van der Waals surface area (Å²) in [6.45, 7) is 9.43. The van der Waals surface area contributed by atoms with Gasteiger partial charge < -0.3 is 14.8 Å². The molecule has 0 unspecified atom stereocenters. The van der Waals surface area contributed by atoms with E-state index in [4.69, 9.17) is 4.74 Å². The number of ether oxygens (including phenoxy) is 1. The van der Waals surface area contributed by atoms with Gasteiger partial charge in [-0.25, -0.2) is 0 Å². The van der Waals surface area contributed by atoms with Crippen LogP contribution in [-0.2, 0) is 13.1 Å². The molecule has 0 radical (unpaired) electrons. The van der Waals surface area contributed by atoms with E-state index in [0.717, 1.165) is 44.9 Å². The van der Waals surface area contributed by atoms with Gasteiger partial charge in [-0.1, -0.05) is 24.3 Å². The molecule has 1 atom stereocenters. The molecular formula is C25H33N3O2. The van der Waals surface area contributed by atoms with Gasteiger partial charge in [-0.3, -0.25) is 9.80 Å². The van der Waals surface area contributed by atoms with Crippen LogP contribution in [0.5, 0.6) is 5.75 Å². The van der Waals surface area contributed by atoms with Crippen LogP contribution in [0.4, 0.5) is 0 Å². The highest BCUT2D eigenvalue weighted by Gasteiger charge is 2.27. The van der Waals surface area contributed by atoms with E-state index in [1.165, 1.54) is 33.2 Å². The van der Waals surface area contributed by atoms with Crippen LogP contribution in [0.1, 0.15) is 28.7 Å². The van der Waals surface area contributed by atoms with Crippen LogP contribution in [0.2, 0.25) is 0 Å². The van der Waals surface area contributed by atoms with Crippen molar-refractivity contribution in [2.45, 2.75) is 39.4 Å². The number of aromatic nitrogens is 1. The number of aromatic amines is 1. The molecule has 160 valence electrons. The maximum atomic E-state index is 9.69. The minimum absolute atomic E-state index is 0.225. The molecule has 1 aliphatic heterocycles. The van der Waals surface area contributed by atoms with Crippen molar-refractivity contribution in [1.82, 2.24) is 14.8 Å². The van der Waals surface area contributed by atoms with Crippen LogP contribution in [0.3, 0.4) is 0 Å². The third-order valence-corrected chi connectivity index (χ3v) is 6.66. The molecule has 0 spiro atoms. The van der Waals surface area contributed by atoms with Crippen LogP contribution in [-0.4, -0.2) is 59.3 Å². The Labute approximate surface area is 179 Å². The van der Waals surface area contributed by atoms with Gasteiger partial charge in [-0.05, 0) is 54.7 Å². The van der Waals surface area contributed by atoms with E-state index < -0.39 is 0 Å². The summed E-state index contributed by atoms with van der Waals surface area (Å²) in [6, 6.07) is 13.1. The van der Waals surface area contributed by atoms with Gasteiger partial charge in [-0.2, -0.15) is 0 Å². The number of piperazine rings is 1. The Morgan fingerprint density at radius 3 is 2.67 bits per heavy atom. The summed E-state index contributed by atoms with van der Waals surface area (Å²) in [5.41, 5.74) is 6.41. The maximum Gasteiger partial charge on any atom is 0.122 e. The zero-order chi connectivity index (χ0) is 21.1. The minimum atomic E-state index is 0.225. The molecule has 5 heteroatoms. The van der Waals surface area contributed by atoms with Gasteiger partial charge in [-0.15, -0.1) is 0 Å². The summed E-state index contributed by atoms with van der Waals surface area (Å²) in [5, 5.41) is 11.0. The molecule has 1 aromatic heterocycles. The molecule has 2 aromatic carbocycles. The van der Waals surface area contributed by atoms with Crippen molar-refractivity contribution in [3.63, 3.8) is 0 Å². The normalized spacial score (nSPS) is 18.2. The number of hydrogen-bond donors (Lipinski definition) is 2. The highest BCUT2D eigenvalue weighted by Crippen LogP contribution is 2.27. The lowest BCUT2D eigenvalue weighted by atomic mass is 10.00. The van der Waals surface area contributed by atoms with Gasteiger partial charge in [0.25, 0.3) is 0 Å². The van der Waals surface area contributed by atoms with Gasteiger partial charge in [0.2, 0.25) is 0 Å². The van der Waals surface area contributed by atoms with Crippen molar-refractivity contribution in [3.8, 4) is 5.75 Å². The molecule has 1 saturated heterocycles. The van der Waals surface area contributed by atoms with Gasteiger partial charge in [0.15, 0.2) is 0 Å². The van der Waals surface area contributed by atoms with Crippen molar-refractivity contribution in [3.05, 3.63) is 64.8 Å². The molecule has 30 heavy (non-hydrogen) atoms. The molecule has 3 aromatic rings. The molecule has 2 heterocycles. The number of fused-ring (bicyclic) bond motifs is 1. The van der Waals surface area contributed by atoms with E-state index in [1.807, 2.05) is 0 Å². The number of hydrogen-bond acceptors (Lipinski definition) is 4. The number of aliphatic hydroxyl groups is 1. The van der Waals surface area contributed by atoms with E-state index in [1.54, 1.807) is 7.11 Å². The van der Waals surface area contributed by atoms with Crippen molar-refractivity contribution >= 4 is 10.9 Å². The highest BCUT2D eigenvalue weighted by molar-refractivity contribution is 5.82. The number of para-hydroxylation sites is 1. The Balaban J connectivity index is 1.46. The topological polar surface area (TPSA) is 51.7 Å². The second kappa shape index (κ2) is 9.21. The number of H-pyrrole nitrogens is 1. The van der Waals surface area contributed by atoms with E-state index in [-0.39, 0.29) is 6.61 Å². The molecule has 1 fully saturated rings. The van der Waals surface area contributed by atoms with E-state index in [9.17, 15) is 5.11 Å². The fourth-order valence-electron chi connectivity index (χ4n) is 4.70. The minimum Gasteiger partial charge on any atom is -0.496 e. The first-order chi connectivity index (χ1) is 14.6. The third-order valence-electron chi connectivity index (χ3n) is 6.66. The van der Waals surface area contributed by atoms with Crippen molar-refractivity contribution in [2.24, 2.45) is 0 Å². The molecule has 0 amide bonds. The van der Waals surface area contributed by atoms with Crippen molar-refractivity contribution in [1.29, 1.82) is 0 Å². The highest BCUT2D eigenvalue weighted by atomic mass is 16.5. The first-order valence-corrected chi connectivity index (χ1v) is 10.9. The largest absolute Gasteiger partial charge is 0.496 e. The van der Waals surface area contributed by atoms with Crippen LogP contribution >= 0.6 is 0 Å². The average molecular weight is 408 g/mol. The summed E-state index contributed by atoms with van der Waals surface area (Å²) in [7, 11) is 1.73. The maximum absolute atomic E-state index is 9.69. The van der Waals surface area contributed by atoms with Gasteiger partial charge in [0.1, 0.15) is 5.75 Å². The summed E-state index contributed by atoms with van der Waals surface area (Å²) >= 11 is 0. The van der Waals surface area contributed by atoms with E-state index in [2.05, 4.69) is 71.2 Å². The first kappa shape index (κ1) is 20.9. The number of methoxy groups -OCH3 is 1. The van der Waals surface area contributed by atoms with Crippen LogP contribution < -0.4 is 4.74 Å².